The Morgan fingerprint density at radius 1 is 0.522 bits per heavy atom. The molecular weight excluding hydrogens is 880 g/mol. The molecule has 0 aliphatic rings. The average molecular weight is 988 g/mol. The Hall–Kier alpha value is -2.55. The molecule has 0 radical (unpaired) electrons. The number of carbonyl (C=O) groups is 2. The molecule has 0 aromatic rings. The molecule has 3 atom stereocenters. The number of quaternary nitrogens is 1. The highest BCUT2D eigenvalue weighted by atomic mass is 31.2. The summed E-state index contributed by atoms with van der Waals surface area (Å²) in [5.74, 6) is -0.529. The summed E-state index contributed by atoms with van der Waals surface area (Å²) in [5, 5.41) is 3.03. The van der Waals surface area contributed by atoms with Gasteiger partial charge in [0.25, 0.3) is 0 Å². The number of phosphoric ester groups is 1. The second-order valence-electron chi connectivity index (χ2n) is 20.1. The molecule has 9 nitrogen and oxygen atoms in total. The summed E-state index contributed by atoms with van der Waals surface area (Å²) in [6, 6.07) is -0.855. The van der Waals surface area contributed by atoms with Crippen molar-refractivity contribution in [2.45, 2.75) is 251 Å². The lowest BCUT2D eigenvalue weighted by atomic mass is 10.0. The first-order chi connectivity index (χ1) is 33.4. The van der Waals surface area contributed by atoms with Gasteiger partial charge in [0.15, 0.2) is 0 Å². The molecule has 0 spiro atoms. The van der Waals surface area contributed by atoms with Gasteiger partial charge < -0.3 is 19.4 Å². The van der Waals surface area contributed by atoms with E-state index in [9.17, 15) is 19.0 Å². The summed E-state index contributed by atoms with van der Waals surface area (Å²) >= 11 is 0. The van der Waals surface area contributed by atoms with Crippen LogP contribution < -0.4 is 5.32 Å². The van der Waals surface area contributed by atoms with Gasteiger partial charge in [-0.25, -0.2) is 4.57 Å². The number of amides is 1. The Kier molecular flexibility index (Phi) is 47.2. The molecule has 0 fully saturated rings. The molecule has 69 heavy (non-hydrogen) atoms. The molecule has 0 aliphatic heterocycles. The summed E-state index contributed by atoms with van der Waals surface area (Å²) < 4.78 is 30.5. The van der Waals surface area contributed by atoms with E-state index >= 15 is 0 Å². The van der Waals surface area contributed by atoms with Crippen LogP contribution in [0.1, 0.15) is 239 Å². The zero-order valence-corrected chi connectivity index (χ0v) is 46.4. The van der Waals surface area contributed by atoms with Crippen molar-refractivity contribution in [2.75, 3.05) is 40.9 Å². The lowest BCUT2D eigenvalue weighted by Crippen LogP contribution is -2.47. The van der Waals surface area contributed by atoms with Crippen LogP contribution in [0.3, 0.4) is 0 Å². The van der Waals surface area contributed by atoms with Gasteiger partial charge in [-0.15, -0.1) is 0 Å². The first-order valence-corrected chi connectivity index (χ1v) is 29.8. The highest BCUT2D eigenvalue weighted by Crippen LogP contribution is 2.43. The number of esters is 1. The van der Waals surface area contributed by atoms with Crippen molar-refractivity contribution in [3.63, 3.8) is 0 Å². The van der Waals surface area contributed by atoms with Crippen LogP contribution in [0, 0.1) is 0 Å². The zero-order valence-electron chi connectivity index (χ0n) is 45.5. The average Bonchev–Trinajstić information content (AvgIpc) is 3.31. The lowest BCUT2D eigenvalue weighted by molar-refractivity contribution is -0.870. The molecular formula is C59H108N2O7P+. The van der Waals surface area contributed by atoms with Crippen LogP contribution in [0.4, 0.5) is 0 Å². The summed E-state index contributed by atoms with van der Waals surface area (Å²) in [5.41, 5.74) is 0. The fourth-order valence-corrected chi connectivity index (χ4v) is 8.52. The minimum Gasteiger partial charge on any atom is -0.456 e. The van der Waals surface area contributed by atoms with Crippen molar-refractivity contribution in [1.82, 2.24) is 5.32 Å². The fraction of sp³-hybridized carbons (Fsp3) is 0.763. The topological polar surface area (TPSA) is 111 Å². The predicted molar refractivity (Wildman–Crippen MR) is 295 cm³/mol. The number of nitrogens with one attached hydrogen (secondary N) is 1. The first kappa shape index (κ1) is 66.5. The largest absolute Gasteiger partial charge is 0.472 e. The van der Waals surface area contributed by atoms with Gasteiger partial charge in [0.05, 0.1) is 33.8 Å². The molecule has 0 saturated heterocycles. The SMILES string of the molecule is CC/C=C\C/C=C\C/C=C\C/C=C\C/C=C\CCCCCCCC(=O)OC(/C=C/CCCCCCCCCCC)C(COP(=O)(O)OCC[N+](C)(C)C)NC(=O)CCCCCCCCCCCCC. The molecule has 10 heteroatoms. The van der Waals surface area contributed by atoms with E-state index in [2.05, 4.69) is 86.8 Å². The minimum absolute atomic E-state index is 0.0353. The smallest absolute Gasteiger partial charge is 0.456 e. The van der Waals surface area contributed by atoms with Crippen LogP contribution in [0.15, 0.2) is 72.9 Å². The van der Waals surface area contributed by atoms with Crippen LogP contribution in [-0.2, 0) is 27.9 Å². The van der Waals surface area contributed by atoms with Crippen LogP contribution in [0.5, 0.6) is 0 Å². The van der Waals surface area contributed by atoms with Crippen molar-refractivity contribution in [1.29, 1.82) is 0 Å². The van der Waals surface area contributed by atoms with Crippen LogP contribution >= 0.6 is 7.82 Å². The summed E-state index contributed by atoms with van der Waals surface area (Å²) in [6.45, 7) is 6.86. The Morgan fingerprint density at radius 2 is 0.928 bits per heavy atom. The third-order valence-electron chi connectivity index (χ3n) is 12.2. The zero-order chi connectivity index (χ0) is 50.8. The predicted octanol–water partition coefficient (Wildman–Crippen LogP) is 16.9. The van der Waals surface area contributed by atoms with E-state index in [1.54, 1.807) is 0 Å². The molecule has 0 heterocycles. The minimum atomic E-state index is -4.44. The fourth-order valence-electron chi connectivity index (χ4n) is 7.79. The molecule has 0 aliphatic carbocycles. The van der Waals surface area contributed by atoms with Crippen LogP contribution in [-0.4, -0.2) is 74.3 Å². The third kappa shape index (κ3) is 50.2. The van der Waals surface area contributed by atoms with Gasteiger partial charge in [-0.05, 0) is 76.7 Å². The normalized spacial score (nSPS) is 14.4. The number of phosphoric acid groups is 1. The second kappa shape index (κ2) is 49.0. The van der Waals surface area contributed by atoms with E-state index in [4.69, 9.17) is 13.8 Å². The molecule has 3 unspecified atom stereocenters. The van der Waals surface area contributed by atoms with E-state index in [1.807, 2.05) is 33.3 Å². The van der Waals surface area contributed by atoms with Gasteiger partial charge in [0.1, 0.15) is 19.3 Å². The van der Waals surface area contributed by atoms with Crippen molar-refractivity contribution >= 4 is 19.7 Å². The number of unbranched alkanes of at least 4 members (excludes halogenated alkanes) is 24. The number of nitrogens with zero attached hydrogens (tertiary/aromatic N) is 1. The van der Waals surface area contributed by atoms with E-state index in [0.717, 1.165) is 103 Å². The monoisotopic (exact) mass is 988 g/mol. The molecule has 0 saturated carbocycles. The number of hydrogen-bond donors (Lipinski definition) is 2. The maximum absolute atomic E-state index is 13.4. The van der Waals surface area contributed by atoms with Gasteiger partial charge in [0, 0.05) is 12.8 Å². The number of allylic oxidation sites excluding steroid dienone is 11. The lowest BCUT2D eigenvalue weighted by Gasteiger charge is -2.27. The summed E-state index contributed by atoms with van der Waals surface area (Å²) in [6.07, 6.45) is 61.8. The van der Waals surface area contributed by atoms with Gasteiger partial charge in [0.2, 0.25) is 5.91 Å². The highest BCUT2D eigenvalue weighted by molar-refractivity contribution is 7.47. The number of carbonyl (C=O) groups excluding carboxylic acids is 2. The van der Waals surface area contributed by atoms with Gasteiger partial charge in [-0.3, -0.25) is 18.6 Å². The van der Waals surface area contributed by atoms with E-state index < -0.39 is 20.0 Å². The molecule has 0 bridgehead atoms. The van der Waals surface area contributed by atoms with E-state index in [-0.39, 0.29) is 31.5 Å². The molecule has 1 amide bonds. The Balaban J connectivity index is 5.29. The molecule has 2 N–H and O–H groups in total. The van der Waals surface area contributed by atoms with Crippen molar-refractivity contribution in [2.24, 2.45) is 0 Å². The molecule has 0 aromatic heterocycles. The molecule has 0 aromatic carbocycles. The Bertz CT molecular complexity index is 1420. The summed E-state index contributed by atoms with van der Waals surface area (Å²) in [4.78, 5) is 37.5. The van der Waals surface area contributed by atoms with Gasteiger partial charge >= 0.3 is 13.8 Å². The number of likely N-dealkylation sites (N-methyl/N-ethyl adjacent to an activating group) is 1. The summed E-state index contributed by atoms with van der Waals surface area (Å²) in [7, 11) is 1.48. The second-order valence-corrected chi connectivity index (χ2v) is 21.5. The molecule has 400 valence electrons. The van der Waals surface area contributed by atoms with Crippen LogP contribution in [0.2, 0.25) is 0 Å². The van der Waals surface area contributed by atoms with Crippen molar-refractivity contribution in [3.05, 3.63) is 72.9 Å². The number of hydrogen-bond acceptors (Lipinski definition) is 6. The van der Waals surface area contributed by atoms with Gasteiger partial charge in [-0.2, -0.15) is 0 Å². The standard InChI is InChI=1S/C59H107N2O7P/c1-7-10-13-16-19-22-25-26-27-28-29-30-31-32-33-34-37-40-43-46-49-52-59(63)68-57(50-47-44-41-38-35-23-20-17-14-11-8-2)56(55-67-69(64,65)66-54-53-61(4,5)6)60-58(62)51-48-45-42-39-36-24-21-18-15-12-9-3/h10,13,19,22,26-27,29-30,32-33,47,50,56-57H,7-9,11-12,14-18,20-21,23-25,28,31,34-46,48-49,51-55H2,1-6H3,(H-,60,62,64,65)/p+1/b13-10-,22-19-,27-26-,30-29-,33-32-,50-47+. The van der Waals surface area contributed by atoms with Gasteiger partial charge in [-0.1, -0.05) is 222 Å². The van der Waals surface area contributed by atoms with E-state index in [1.165, 1.54) is 96.3 Å². The van der Waals surface area contributed by atoms with Crippen molar-refractivity contribution in [3.8, 4) is 0 Å². The quantitative estimate of drug-likeness (QED) is 0.0205. The molecule has 0 rings (SSSR count). The Labute approximate surface area is 425 Å². The Morgan fingerprint density at radius 3 is 1.39 bits per heavy atom. The van der Waals surface area contributed by atoms with E-state index in [0.29, 0.717) is 23.9 Å². The van der Waals surface area contributed by atoms with Crippen molar-refractivity contribution < 1.29 is 37.3 Å². The maximum atomic E-state index is 13.4. The highest BCUT2D eigenvalue weighted by Gasteiger charge is 2.30. The number of rotatable bonds is 50. The third-order valence-corrected chi connectivity index (χ3v) is 13.1. The first-order valence-electron chi connectivity index (χ1n) is 28.3. The maximum Gasteiger partial charge on any atom is 0.472 e. The number of ether oxygens (including phenoxy) is 1. The van der Waals surface area contributed by atoms with Crippen LogP contribution in [0.25, 0.3) is 0 Å².